The van der Waals surface area contributed by atoms with Crippen molar-refractivity contribution in [2.24, 2.45) is 0 Å². The molecule has 0 aliphatic rings. The van der Waals surface area contributed by atoms with Crippen molar-refractivity contribution in [1.82, 2.24) is 10.4 Å². The molecule has 9 heavy (non-hydrogen) atoms. The van der Waals surface area contributed by atoms with Crippen molar-refractivity contribution in [3.63, 3.8) is 0 Å². The molecule has 0 saturated heterocycles. The Morgan fingerprint density at radius 2 is 2.22 bits per heavy atom. The Morgan fingerprint density at radius 1 is 1.67 bits per heavy atom. The topological polar surface area (TPSA) is 41.6 Å². The molecular formula is C5H12N2O2. The molecule has 54 valence electrons. The Kier molecular flexibility index (Phi) is 3.79. The lowest BCUT2D eigenvalue weighted by Gasteiger charge is -2.09. The van der Waals surface area contributed by atoms with Gasteiger partial charge >= 0.3 is 6.09 Å². The van der Waals surface area contributed by atoms with Crippen molar-refractivity contribution < 1.29 is 9.63 Å². The first kappa shape index (κ1) is 8.23. The number of nitrogens with one attached hydrogen (secondary N) is 1. The van der Waals surface area contributed by atoms with Crippen molar-refractivity contribution in [2.75, 3.05) is 20.6 Å². The van der Waals surface area contributed by atoms with E-state index in [1.807, 2.05) is 6.92 Å². The molecule has 0 unspecified atom stereocenters. The summed E-state index contributed by atoms with van der Waals surface area (Å²) in [6.07, 6.45) is -0.414. The van der Waals surface area contributed by atoms with Crippen LogP contribution in [0.15, 0.2) is 0 Å². The number of hydrogen-bond acceptors (Lipinski definition) is 3. The highest BCUT2D eigenvalue weighted by Crippen LogP contribution is 1.78. The second kappa shape index (κ2) is 4.14. The largest absolute Gasteiger partial charge is 0.426 e. The van der Waals surface area contributed by atoms with Gasteiger partial charge in [0.1, 0.15) is 0 Å². The molecule has 0 saturated carbocycles. The predicted octanol–water partition coefficient (Wildman–Crippen LogP) is 0.209. The van der Waals surface area contributed by atoms with Crippen molar-refractivity contribution in [1.29, 1.82) is 0 Å². The van der Waals surface area contributed by atoms with Gasteiger partial charge < -0.3 is 10.2 Å². The third kappa shape index (κ3) is 5.10. The molecule has 4 nitrogen and oxygen atoms in total. The third-order valence-electron chi connectivity index (χ3n) is 0.587. The molecule has 0 bridgehead atoms. The number of carbonyl (C=O) groups is 1. The van der Waals surface area contributed by atoms with Crippen LogP contribution in [-0.2, 0) is 4.84 Å². The first-order chi connectivity index (χ1) is 4.16. The molecule has 0 aromatic heterocycles. The summed E-state index contributed by atoms with van der Waals surface area (Å²) in [6.45, 7) is 2.42. The monoisotopic (exact) mass is 132 g/mol. The van der Waals surface area contributed by atoms with Crippen LogP contribution in [0.2, 0.25) is 0 Å². The molecule has 1 amide bonds. The van der Waals surface area contributed by atoms with Crippen molar-refractivity contribution in [3.05, 3.63) is 0 Å². The molecule has 0 radical (unpaired) electrons. The smallest absolute Gasteiger partial charge is 0.352 e. The highest BCUT2D eigenvalue weighted by molar-refractivity contribution is 5.66. The zero-order chi connectivity index (χ0) is 7.28. The van der Waals surface area contributed by atoms with E-state index in [0.29, 0.717) is 6.54 Å². The van der Waals surface area contributed by atoms with Crippen LogP contribution < -0.4 is 5.32 Å². The molecule has 0 spiro atoms. The van der Waals surface area contributed by atoms with E-state index in [2.05, 4.69) is 10.2 Å². The lowest BCUT2D eigenvalue weighted by atomic mass is 10.8. The highest BCUT2D eigenvalue weighted by atomic mass is 16.7. The summed E-state index contributed by atoms with van der Waals surface area (Å²) in [7, 11) is 3.30. The van der Waals surface area contributed by atoms with Gasteiger partial charge in [0.25, 0.3) is 0 Å². The van der Waals surface area contributed by atoms with Gasteiger partial charge in [-0.25, -0.2) is 4.79 Å². The molecule has 0 atom stereocenters. The summed E-state index contributed by atoms with van der Waals surface area (Å²) >= 11 is 0. The van der Waals surface area contributed by atoms with Gasteiger partial charge in [0, 0.05) is 20.6 Å². The Hall–Kier alpha value is -0.770. The normalized spacial score (nSPS) is 9.33. The summed E-state index contributed by atoms with van der Waals surface area (Å²) in [6, 6.07) is 0. The number of rotatable bonds is 2. The van der Waals surface area contributed by atoms with Gasteiger partial charge in [-0.05, 0) is 6.92 Å². The fourth-order valence-electron chi connectivity index (χ4n) is 0.342. The van der Waals surface area contributed by atoms with E-state index in [-0.39, 0.29) is 0 Å². The standard InChI is InChI=1S/C5H12N2O2/c1-4-6-5(8)9-7(2)3/h4H2,1-3H3,(H,6,8). The first-order valence-electron chi connectivity index (χ1n) is 2.80. The summed E-state index contributed by atoms with van der Waals surface area (Å²) in [5.41, 5.74) is 0. The summed E-state index contributed by atoms with van der Waals surface area (Å²) in [4.78, 5) is 15.1. The molecule has 1 N–H and O–H groups in total. The highest BCUT2D eigenvalue weighted by Gasteiger charge is 1.98. The predicted molar refractivity (Wildman–Crippen MR) is 33.8 cm³/mol. The van der Waals surface area contributed by atoms with Gasteiger partial charge in [-0.3, -0.25) is 0 Å². The Balaban J connectivity index is 3.27. The molecule has 0 aromatic carbocycles. The Labute approximate surface area is 54.7 Å². The van der Waals surface area contributed by atoms with Crippen molar-refractivity contribution in [3.8, 4) is 0 Å². The summed E-state index contributed by atoms with van der Waals surface area (Å²) in [5, 5.41) is 3.81. The van der Waals surface area contributed by atoms with Crippen LogP contribution in [0.25, 0.3) is 0 Å². The van der Waals surface area contributed by atoms with Crippen molar-refractivity contribution in [2.45, 2.75) is 6.92 Å². The van der Waals surface area contributed by atoms with Crippen LogP contribution in [0, 0.1) is 0 Å². The maximum Gasteiger partial charge on any atom is 0.426 e. The molecule has 0 fully saturated rings. The summed E-state index contributed by atoms with van der Waals surface area (Å²) in [5.74, 6) is 0. The maximum atomic E-state index is 10.5. The quantitative estimate of drug-likeness (QED) is 0.546. The molecular weight excluding hydrogens is 120 g/mol. The van der Waals surface area contributed by atoms with Gasteiger partial charge in [0.05, 0.1) is 0 Å². The van der Waals surface area contributed by atoms with Gasteiger partial charge in [0.15, 0.2) is 0 Å². The average Bonchev–Trinajstić information content (AvgIpc) is 1.63. The fourth-order valence-corrected chi connectivity index (χ4v) is 0.342. The van der Waals surface area contributed by atoms with Crippen LogP contribution in [-0.4, -0.2) is 31.8 Å². The van der Waals surface area contributed by atoms with Crippen molar-refractivity contribution >= 4 is 6.09 Å². The third-order valence-corrected chi connectivity index (χ3v) is 0.587. The minimum atomic E-state index is -0.414. The van der Waals surface area contributed by atoms with E-state index in [9.17, 15) is 4.79 Å². The molecule has 0 aromatic rings. The number of hydroxylamine groups is 2. The Bertz CT molecular complexity index is 93.0. The lowest BCUT2D eigenvalue weighted by molar-refractivity contribution is -0.0546. The molecule has 0 aliphatic carbocycles. The second-order valence-corrected chi connectivity index (χ2v) is 1.72. The van der Waals surface area contributed by atoms with E-state index >= 15 is 0 Å². The van der Waals surface area contributed by atoms with Gasteiger partial charge in [-0.15, -0.1) is 5.06 Å². The van der Waals surface area contributed by atoms with E-state index < -0.39 is 6.09 Å². The molecule has 0 aliphatic heterocycles. The van der Waals surface area contributed by atoms with E-state index in [1.54, 1.807) is 14.1 Å². The number of amides is 1. The van der Waals surface area contributed by atoms with Crippen LogP contribution >= 0.6 is 0 Å². The van der Waals surface area contributed by atoms with Crippen LogP contribution in [0.5, 0.6) is 0 Å². The van der Waals surface area contributed by atoms with Crippen LogP contribution in [0.4, 0.5) is 4.79 Å². The zero-order valence-electron chi connectivity index (χ0n) is 5.97. The van der Waals surface area contributed by atoms with E-state index in [0.717, 1.165) is 0 Å². The minimum Gasteiger partial charge on any atom is -0.352 e. The molecule has 4 heteroatoms. The average molecular weight is 132 g/mol. The van der Waals surface area contributed by atoms with Crippen LogP contribution in [0.3, 0.4) is 0 Å². The zero-order valence-corrected chi connectivity index (χ0v) is 5.97. The summed E-state index contributed by atoms with van der Waals surface area (Å²) < 4.78 is 0. The minimum absolute atomic E-state index is 0.414. The molecule has 0 heterocycles. The number of carbonyl (C=O) groups excluding carboxylic acids is 1. The van der Waals surface area contributed by atoms with E-state index in [1.165, 1.54) is 5.06 Å². The van der Waals surface area contributed by atoms with E-state index in [4.69, 9.17) is 0 Å². The maximum absolute atomic E-state index is 10.5. The SMILES string of the molecule is CCNC(=O)ON(C)C. The second-order valence-electron chi connectivity index (χ2n) is 1.72. The lowest BCUT2D eigenvalue weighted by Crippen LogP contribution is -2.29. The van der Waals surface area contributed by atoms with Gasteiger partial charge in [0.2, 0.25) is 0 Å². The Morgan fingerprint density at radius 3 is 2.56 bits per heavy atom. The van der Waals surface area contributed by atoms with Gasteiger partial charge in [-0.1, -0.05) is 0 Å². The first-order valence-corrected chi connectivity index (χ1v) is 2.80. The number of hydrogen-bond donors (Lipinski definition) is 1. The van der Waals surface area contributed by atoms with Gasteiger partial charge in [-0.2, -0.15) is 0 Å². The molecule has 0 rings (SSSR count). The fraction of sp³-hybridized carbons (Fsp3) is 0.800. The number of nitrogens with zero attached hydrogens (tertiary/aromatic N) is 1. The van der Waals surface area contributed by atoms with Crippen LogP contribution in [0.1, 0.15) is 6.92 Å².